The van der Waals surface area contributed by atoms with E-state index in [-0.39, 0.29) is 5.78 Å². The van der Waals surface area contributed by atoms with E-state index in [0.717, 1.165) is 10.9 Å². The molecule has 7 nitrogen and oxygen atoms in total. The highest BCUT2D eigenvalue weighted by Crippen LogP contribution is 2.32. The molecule has 0 radical (unpaired) electrons. The monoisotopic (exact) mass is 408 g/mol. The van der Waals surface area contributed by atoms with Crippen LogP contribution in [0.3, 0.4) is 0 Å². The Hall–Kier alpha value is -3.32. The summed E-state index contributed by atoms with van der Waals surface area (Å²) < 4.78 is 13.1. The zero-order valence-electron chi connectivity index (χ0n) is 16.8. The molecule has 0 spiro atoms. The predicted molar refractivity (Wildman–Crippen MR) is 112 cm³/mol. The second kappa shape index (κ2) is 8.59. The first kappa shape index (κ1) is 20.0. The van der Waals surface area contributed by atoms with Crippen LogP contribution in [0, 0.1) is 0 Å². The van der Waals surface area contributed by atoms with Crippen LogP contribution in [0.1, 0.15) is 35.3 Å². The summed E-state index contributed by atoms with van der Waals surface area (Å²) in [5.74, 6) is 0.293. The largest absolute Gasteiger partial charge is 0.486 e. The normalized spacial score (nSPS) is 13.9. The van der Waals surface area contributed by atoms with Gasteiger partial charge >= 0.3 is 5.97 Å². The Bertz CT molecular complexity index is 1090. The van der Waals surface area contributed by atoms with Crippen molar-refractivity contribution in [3.05, 3.63) is 59.8 Å². The van der Waals surface area contributed by atoms with Gasteiger partial charge in [0.15, 0.2) is 17.3 Å². The number of nitrogens with zero attached hydrogens (tertiary/aromatic N) is 1. The van der Waals surface area contributed by atoms with Gasteiger partial charge in [-0.05, 0) is 43.7 Å². The predicted octanol–water partition coefficient (Wildman–Crippen LogP) is 3.42. The number of rotatable bonds is 8. The van der Waals surface area contributed by atoms with Crippen molar-refractivity contribution in [2.24, 2.45) is 0 Å². The van der Waals surface area contributed by atoms with Crippen LogP contribution in [0.2, 0.25) is 0 Å². The quantitative estimate of drug-likeness (QED) is 0.439. The van der Waals surface area contributed by atoms with E-state index in [9.17, 15) is 14.7 Å². The van der Waals surface area contributed by atoms with Crippen LogP contribution in [0.5, 0.6) is 11.5 Å². The molecule has 156 valence electrons. The van der Waals surface area contributed by atoms with Crippen molar-refractivity contribution in [3.8, 4) is 11.5 Å². The Morgan fingerprint density at radius 2 is 1.90 bits per heavy atom. The zero-order chi connectivity index (χ0) is 21.1. The number of aliphatic carboxylic acids is 1. The number of ketones is 1. The number of aryl methyl sites for hydroxylation is 1. The van der Waals surface area contributed by atoms with Gasteiger partial charge in [0.2, 0.25) is 0 Å². The minimum atomic E-state index is -0.947. The fourth-order valence-electron chi connectivity index (χ4n) is 3.80. The molecule has 2 aromatic carbocycles. The lowest BCUT2D eigenvalue weighted by Crippen LogP contribution is -2.30. The molecular weight excluding hydrogens is 384 g/mol. The molecule has 0 amide bonds. The second-order valence-corrected chi connectivity index (χ2v) is 7.29. The molecule has 0 saturated heterocycles. The lowest BCUT2D eigenvalue weighted by Gasteiger charge is -2.21. The molecule has 7 heteroatoms. The third kappa shape index (κ3) is 4.02. The summed E-state index contributed by atoms with van der Waals surface area (Å²) in [6.07, 6.45) is 2.59. The fraction of sp³-hybridized carbons (Fsp3) is 0.304. The summed E-state index contributed by atoms with van der Waals surface area (Å²) in [6, 6.07) is 12.2. The maximum absolute atomic E-state index is 11.9. The van der Waals surface area contributed by atoms with Gasteiger partial charge in [-0.3, -0.25) is 9.59 Å². The smallest absolute Gasteiger partial charge is 0.325 e. The van der Waals surface area contributed by atoms with Crippen LogP contribution in [-0.2, 0) is 11.3 Å². The molecule has 1 aliphatic heterocycles. The Morgan fingerprint density at radius 3 is 2.67 bits per heavy atom. The number of fused-ring (bicyclic) bond motifs is 2. The van der Waals surface area contributed by atoms with Crippen molar-refractivity contribution in [2.45, 2.75) is 25.9 Å². The van der Waals surface area contributed by atoms with Gasteiger partial charge in [0.1, 0.15) is 19.3 Å². The number of hydrogen-bond acceptors (Lipinski definition) is 5. The molecule has 30 heavy (non-hydrogen) atoms. The van der Waals surface area contributed by atoms with Crippen LogP contribution in [0.4, 0.5) is 0 Å². The van der Waals surface area contributed by atoms with Crippen LogP contribution in [-0.4, -0.2) is 41.2 Å². The van der Waals surface area contributed by atoms with E-state index in [1.54, 1.807) is 25.1 Å². The van der Waals surface area contributed by atoms with Gasteiger partial charge in [-0.15, -0.1) is 0 Å². The van der Waals surface area contributed by atoms with Crippen LogP contribution >= 0.6 is 0 Å². The Balaban J connectivity index is 1.42. The number of benzene rings is 2. The lowest BCUT2D eigenvalue weighted by atomic mass is 10.1. The van der Waals surface area contributed by atoms with Crippen molar-refractivity contribution >= 4 is 22.7 Å². The van der Waals surface area contributed by atoms with Gasteiger partial charge in [0.25, 0.3) is 0 Å². The van der Waals surface area contributed by atoms with Crippen molar-refractivity contribution in [1.29, 1.82) is 0 Å². The molecule has 0 bridgehead atoms. The van der Waals surface area contributed by atoms with Gasteiger partial charge < -0.3 is 24.5 Å². The molecule has 2 heterocycles. The summed E-state index contributed by atoms with van der Waals surface area (Å²) >= 11 is 0. The molecule has 0 saturated carbocycles. The summed E-state index contributed by atoms with van der Waals surface area (Å²) in [5.41, 5.74) is 2.33. The minimum absolute atomic E-state index is 0.0348. The number of carboxylic acids is 1. The highest BCUT2D eigenvalue weighted by atomic mass is 16.6. The van der Waals surface area contributed by atoms with E-state index in [1.165, 1.54) is 0 Å². The first-order valence-electron chi connectivity index (χ1n) is 9.99. The first-order valence-corrected chi connectivity index (χ1v) is 9.99. The molecule has 2 N–H and O–H groups in total. The molecule has 1 unspecified atom stereocenters. The Morgan fingerprint density at radius 1 is 1.13 bits per heavy atom. The summed E-state index contributed by atoms with van der Waals surface area (Å²) in [5, 5.41) is 13.7. The number of Topliss-reactive ketones (excluding diaryl/α,β-unsaturated/α-hetero) is 1. The zero-order valence-corrected chi connectivity index (χ0v) is 16.8. The molecule has 1 aromatic heterocycles. The molecule has 0 aliphatic carbocycles. The molecule has 0 fully saturated rings. The molecular formula is C23H24N2O5. The van der Waals surface area contributed by atoms with E-state index in [2.05, 4.69) is 5.32 Å². The fourth-order valence-corrected chi connectivity index (χ4v) is 3.80. The van der Waals surface area contributed by atoms with Gasteiger partial charge in [-0.25, -0.2) is 0 Å². The average Bonchev–Trinajstić information content (AvgIpc) is 3.12. The topological polar surface area (TPSA) is 89.8 Å². The van der Waals surface area contributed by atoms with Crippen molar-refractivity contribution in [3.63, 3.8) is 0 Å². The third-order valence-electron chi connectivity index (χ3n) is 5.24. The Kier molecular flexibility index (Phi) is 5.72. The van der Waals surface area contributed by atoms with Crippen molar-refractivity contribution < 1.29 is 24.2 Å². The van der Waals surface area contributed by atoms with E-state index < -0.39 is 12.0 Å². The second-order valence-electron chi connectivity index (χ2n) is 7.29. The maximum Gasteiger partial charge on any atom is 0.325 e. The standard InChI is InChI=1S/C23H24N2O5/c1-15(26)18-14-25(19-6-3-2-5-17(18)19)10-4-9-24-22(23(27)28)16-7-8-20-21(13-16)30-12-11-29-20/h2-3,5-8,13-14,22,24H,4,9-12H2,1H3,(H,27,28). The number of hydrogen-bond donors (Lipinski definition) is 2. The SMILES string of the molecule is CC(=O)c1cn(CCCNC(C(=O)O)c2ccc3c(c2)OCCO3)c2ccccc12. The number of carbonyl (C=O) groups excluding carboxylic acids is 1. The number of carbonyl (C=O) groups is 2. The van der Waals surface area contributed by atoms with Crippen LogP contribution in [0.25, 0.3) is 10.9 Å². The van der Waals surface area contributed by atoms with E-state index in [4.69, 9.17) is 9.47 Å². The molecule has 4 rings (SSSR count). The number of nitrogens with one attached hydrogen (secondary N) is 1. The first-order chi connectivity index (χ1) is 14.5. The summed E-state index contributed by atoms with van der Waals surface area (Å²) in [6.45, 7) is 3.70. The Labute approximate surface area is 174 Å². The average molecular weight is 408 g/mol. The van der Waals surface area contributed by atoms with Gasteiger partial charge in [-0.2, -0.15) is 0 Å². The number of ether oxygens (including phenoxy) is 2. The van der Waals surface area contributed by atoms with Gasteiger partial charge in [0, 0.05) is 29.2 Å². The lowest BCUT2D eigenvalue weighted by molar-refractivity contribution is -0.139. The van der Waals surface area contributed by atoms with Crippen molar-refractivity contribution in [1.82, 2.24) is 9.88 Å². The maximum atomic E-state index is 11.9. The summed E-state index contributed by atoms with van der Waals surface area (Å²) in [7, 11) is 0. The highest BCUT2D eigenvalue weighted by Gasteiger charge is 2.22. The van der Waals surface area contributed by atoms with E-state index in [0.29, 0.717) is 55.4 Å². The van der Waals surface area contributed by atoms with Crippen LogP contribution < -0.4 is 14.8 Å². The highest BCUT2D eigenvalue weighted by molar-refractivity contribution is 6.06. The molecule has 3 aromatic rings. The number of carboxylic acid groups (broad SMARTS) is 1. The van der Waals surface area contributed by atoms with E-state index >= 15 is 0 Å². The minimum Gasteiger partial charge on any atom is -0.486 e. The summed E-state index contributed by atoms with van der Waals surface area (Å²) in [4.78, 5) is 23.7. The third-order valence-corrected chi connectivity index (χ3v) is 5.24. The molecule has 1 aliphatic rings. The van der Waals surface area contributed by atoms with Gasteiger partial charge in [0.05, 0.1) is 0 Å². The van der Waals surface area contributed by atoms with E-state index in [1.807, 2.05) is 35.0 Å². The van der Waals surface area contributed by atoms with Crippen LogP contribution in [0.15, 0.2) is 48.7 Å². The van der Waals surface area contributed by atoms with Crippen molar-refractivity contribution in [2.75, 3.05) is 19.8 Å². The molecule has 1 atom stereocenters. The van der Waals surface area contributed by atoms with Gasteiger partial charge in [-0.1, -0.05) is 24.3 Å². The number of para-hydroxylation sites is 1. The number of aromatic nitrogens is 1.